The number of nitrogens with zero attached hydrogens (tertiary/aromatic N) is 2. The van der Waals surface area contributed by atoms with Gasteiger partial charge in [-0.15, -0.1) is 0 Å². The third kappa shape index (κ3) is 7.47. The first-order valence-electron chi connectivity index (χ1n) is 13.2. The quantitative estimate of drug-likeness (QED) is 0.357. The summed E-state index contributed by atoms with van der Waals surface area (Å²) in [5, 5.41) is 2.94. The van der Waals surface area contributed by atoms with Crippen molar-refractivity contribution in [1.29, 1.82) is 0 Å². The van der Waals surface area contributed by atoms with Crippen LogP contribution in [0.5, 0.6) is 0 Å². The molecular weight excluding hydrogens is 529 g/mol. The molecule has 0 heterocycles. The molecule has 0 saturated heterocycles. The van der Waals surface area contributed by atoms with Gasteiger partial charge in [0.2, 0.25) is 11.8 Å². The van der Waals surface area contributed by atoms with Crippen molar-refractivity contribution < 1.29 is 22.4 Å². The van der Waals surface area contributed by atoms with Gasteiger partial charge in [0.05, 0.1) is 10.6 Å². The molecule has 0 fully saturated rings. The minimum absolute atomic E-state index is 0.0721. The molecule has 3 rings (SSSR count). The van der Waals surface area contributed by atoms with E-state index in [1.54, 1.807) is 19.1 Å². The van der Waals surface area contributed by atoms with Crippen molar-refractivity contribution in [3.05, 3.63) is 95.3 Å². The molecule has 214 valence electrons. The molecular formula is C31H38FN3O4S. The Bertz CT molecular complexity index is 1450. The molecule has 3 aromatic rings. The molecule has 2 amide bonds. The maximum absolute atomic E-state index is 15.0. The molecule has 0 saturated carbocycles. The summed E-state index contributed by atoms with van der Waals surface area (Å²) in [6.45, 7) is 10.5. The summed E-state index contributed by atoms with van der Waals surface area (Å²) in [4.78, 5) is 28.8. The van der Waals surface area contributed by atoms with Gasteiger partial charge in [-0.25, -0.2) is 12.8 Å². The lowest BCUT2D eigenvalue weighted by Gasteiger charge is -2.35. The lowest BCUT2D eigenvalue weighted by molar-refractivity contribution is -0.141. The van der Waals surface area contributed by atoms with Gasteiger partial charge in [0.25, 0.3) is 10.0 Å². The fourth-order valence-electron chi connectivity index (χ4n) is 4.35. The van der Waals surface area contributed by atoms with Crippen LogP contribution in [-0.2, 0) is 26.2 Å². The van der Waals surface area contributed by atoms with Crippen LogP contribution in [0.25, 0.3) is 0 Å². The van der Waals surface area contributed by atoms with Crippen LogP contribution in [0, 0.1) is 19.7 Å². The molecule has 0 aromatic heterocycles. The smallest absolute Gasteiger partial charge is 0.264 e. The van der Waals surface area contributed by atoms with E-state index >= 15 is 4.39 Å². The van der Waals surface area contributed by atoms with Crippen LogP contribution < -0.4 is 9.62 Å². The number of hydrogen-bond donors (Lipinski definition) is 1. The van der Waals surface area contributed by atoms with Crippen molar-refractivity contribution in [2.45, 2.75) is 71.0 Å². The van der Waals surface area contributed by atoms with Crippen LogP contribution in [-0.4, -0.2) is 43.3 Å². The predicted octanol–water partition coefficient (Wildman–Crippen LogP) is 5.36. The van der Waals surface area contributed by atoms with Gasteiger partial charge in [0.1, 0.15) is 18.4 Å². The molecule has 0 aliphatic heterocycles. The van der Waals surface area contributed by atoms with E-state index in [9.17, 15) is 18.0 Å². The zero-order chi connectivity index (χ0) is 29.7. The fourth-order valence-corrected chi connectivity index (χ4v) is 5.77. The number of aryl methyl sites for hydroxylation is 2. The van der Waals surface area contributed by atoms with Crippen LogP contribution in [0.1, 0.15) is 50.8 Å². The Kier molecular flexibility index (Phi) is 9.73. The average molecular weight is 568 g/mol. The highest BCUT2D eigenvalue weighted by Crippen LogP contribution is 2.27. The van der Waals surface area contributed by atoms with Gasteiger partial charge in [-0.2, -0.15) is 0 Å². The largest absolute Gasteiger partial charge is 0.350 e. The Hall–Kier alpha value is -3.72. The highest BCUT2D eigenvalue weighted by atomic mass is 32.2. The topological polar surface area (TPSA) is 86.8 Å². The first kappa shape index (κ1) is 30.8. The molecule has 0 radical (unpaired) electrons. The third-order valence-electron chi connectivity index (χ3n) is 6.50. The van der Waals surface area contributed by atoms with Gasteiger partial charge in [-0.05, 0) is 76.4 Å². The molecule has 0 spiro atoms. The van der Waals surface area contributed by atoms with Gasteiger partial charge >= 0.3 is 0 Å². The number of carbonyl (C=O) groups is 2. The molecule has 0 bridgehead atoms. The summed E-state index contributed by atoms with van der Waals surface area (Å²) < 4.78 is 43.5. The molecule has 0 aliphatic carbocycles. The van der Waals surface area contributed by atoms with Crippen molar-refractivity contribution in [2.75, 3.05) is 10.8 Å². The van der Waals surface area contributed by atoms with E-state index in [2.05, 4.69) is 5.32 Å². The molecule has 0 aliphatic rings. The first-order chi connectivity index (χ1) is 18.7. The highest BCUT2D eigenvalue weighted by Gasteiger charge is 2.35. The van der Waals surface area contributed by atoms with E-state index in [1.165, 1.54) is 35.2 Å². The Morgan fingerprint density at radius 1 is 0.925 bits per heavy atom. The molecule has 9 heteroatoms. The van der Waals surface area contributed by atoms with E-state index in [0.29, 0.717) is 6.42 Å². The molecule has 40 heavy (non-hydrogen) atoms. The van der Waals surface area contributed by atoms with Crippen molar-refractivity contribution >= 4 is 27.5 Å². The second-order valence-electron chi connectivity index (χ2n) is 10.9. The number of amides is 2. The van der Waals surface area contributed by atoms with Gasteiger partial charge < -0.3 is 10.2 Å². The highest BCUT2D eigenvalue weighted by molar-refractivity contribution is 7.92. The predicted molar refractivity (Wildman–Crippen MR) is 156 cm³/mol. The van der Waals surface area contributed by atoms with Crippen LogP contribution in [0.15, 0.2) is 77.7 Å². The van der Waals surface area contributed by atoms with Gasteiger partial charge in [-0.1, -0.05) is 61.0 Å². The van der Waals surface area contributed by atoms with Gasteiger partial charge in [-0.3, -0.25) is 13.9 Å². The lowest BCUT2D eigenvalue weighted by Crippen LogP contribution is -2.55. The number of rotatable bonds is 10. The Labute approximate surface area is 237 Å². The minimum atomic E-state index is -4.34. The zero-order valence-corrected chi connectivity index (χ0v) is 24.8. The average Bonchev–Trinajstić information content (AvgIpc) is 2.88. The standard InChI is InChI=1S/C31H38FN3O4S/c1-7-27(30(37)33-31(4,5)6)34(20-24-13-9-8-12-23(24)3)29(36)21-35(28-15-11-10-14-26(28)32)40(38,39)25-18-16-22(2)17-19-25/h8-19,27H,7,20-21H2,1-6H3,(H,33,37). The van der Waals surface area contributed by atoms with Crippen molar-refractivity contribution in [1.82, 2.24) is 10.2 Å². The maximum atomic E-state index is 15.0. The summed E-state index contributed by atoms with van der Waals surface area (Å²) in [6.07, 6.45) is 0.296. The number of halogens is 1. The Morgan fingerprint density at radius 2 is 1.52 bits per heavy atom. The van der Waals surface area contributed by atoms with Crippen molar-refractivity contribution in [3.63, 3.8) is 0 Å². The summed E-state index contributed by atoms with van der Waals surface area (Å²) >= 11 is 0. The lowest BCUT2D eigenvalue weighted by atomic mass is 10.0. The first-order valence-corrected chi connectivity index (χ1v) is 14.7. The van der Waals surface area contributed by atoms with Gasteiger partial charge in [0, 0.05) is 12.1 Å². The van der Waals surface area contributed by atoms with Crippen LogP contribution in [0.3, 0.4) is 0 Å². The second kappa shape index (κ2) is 12.6. The Balaban J connectivity index is 2.10. The van der Waals surface area contributed by atoms with Crippen LogP contribution >= 0.6 is 0 Å². The van der Waals surface area contributed by atoms with Crippen LogP contribution in [0.2, 0.25) is 0 Å². The third-order valence-corrected chi connectivity index (χ3v) is 8.27. The SMILES string of the molecule is CCC(C(=O)NC(C)(C)C)N(Cc1ccccc1C)C(=O)CN(c1ccccc1F)S(=O)(=O)c1ccc(C)cc1. The summed E-state index contributed by atoms with van der Waals surface area (Å²) in [5.74, 6) is -1.76. The monoisotopic (exact) mass is 567 g/mol. The second-order valence-corrected chi connectivity index (χ2v) is 12.7. The van der Waals surface area contributed by atoms with Crippen LogP contribution in [0.4, 0.5) is 10.1 Å². The maximum Gasteiger partial charge on any atom is 0.264 e. The number of para-hydroxylation sites is 1. The van der Waals surface area contributed by atoms with E-state index in [4.69, 9.17) is 0 Å². The molecule has 1 atom stereocenters. The summed E-state index contributed by atoms with van der Waals surface area (Å²) in [6, 6.07) is 18.2. The molecule has 1 unspecified atom stereocenters. The fraction of sp³-hybridized carbons (Fsp3) is 0.355. The zero-order valence-electron chi connectivity index (χ0n) is 23.9. The number of carbonyl (C=O) groups excluding carboxylic acids is 2. The Morgan fingerprint density at radius 3 is 2.10 bits per heavy atom. The number of benzene rings is 3. The minimum Gasteiger partial charge on any atom is -0.350 e. The van der Waals surface area contributed by atoms with Gasteiger partial charge in [0.15, 0.2) is 0 Å². The van der Waals surface area contributed by atoms with Crippen molar-refractivity contribution in [2.24, 2.45) is 0 Å². The van der Waals surface area contributed by atoms with E-state index in [1.807, 2.05) is 58.9 Å². The molecule has 3 aromatic carbocycles. The summed E-state index contributed by atoms with van der Waals surface area (Å²) in [5.41, 5.74) is 1.80. The van der Waals surface area contributed by atoms with E-state index < -0.39 is 39.9 Å². The number of nitrogens with one attached hydrogen (secondary N) is 1. The van der Waals surface area contributed by atoms with Crippen molar-refractivity contribution in [3.8, 4) is 0 Å². The normalized spacial score (nSPS) is 12.5. The number of hydrogen-bond acceptors (Lipinski definition) is 4. The van der Waals surface area contributed by atoms with E-state index in [-0.39, 0.29) is 23.0 Å². The van der Waals surface area contributed by atoms with E-state index in [0.717, 1.165) is 27.1 Å². The molecule has 7 nitrogen and oxygen atoms in total. The molecule has 1 N–H and O–H groups in total. The number of sulfonamides is 1. The number of anilines is 1. The summed E-state index contributed by atoms with van der Waals surface area (Å²) in [7, 11) is -4.34.